The number of carbonyl (C=O) groups is 2. The molecule has 7 heteroatoms. The predicted molar refractivity (Wildman–Crippen MR) is 89.9 cm³/mol. The Hall–Kier alpha value is -2.15. The second-order valence-electron chi connectivity index (χ2n) is 5.42. The highest BCUT2D eigenvalue weighted by Crippen LogP contribution is 2.28. The summed E-state index contributed by atoms with van der Waals surface area (Å²) in [7, 11) is 0. The van der Waals surface area contributed by atoms with Gasteiger partial charge in [0.2, 0.25) is 5.91 Å². The number of hydrogen-bond donors (Lipinski definition) is 2. The van der Waals surface area contributed by atoms with Crippen molar-refractivity contribution in [3.63, 3.8) is 0 Å². The molecule has 23 heavy (non-hydrogen) atoms. The SMILES string of the molecule is CCn1nc(C)c(NC(=O)CC(CC(=O)O)c2cccs2)c1C. The van der Waals surface area contributed by atoms with E-state index in [1.165, 1.54) is 11.3 Å². The minimum absolute atomic E-state index is 0.0554. The number of carboxylic acid groups (broad SMARTS) is 1. The van der Waals surface area contributed by atoms with Crippen molar-refractivity contribution in [1.82, 2.24) is 9.78 Å². The van der Waals surface area contributed by atoms with E-state index in [2.05, 4.69) is 10.4 Å². The number of amides is 1. The van der Waals surface area contributed by atoms with Crippen LogP contribution < -0.4 is 5.32 Å². The van der Waals surface area contributed by atoms with Crippen LogP contribution in [0.2, 0.25) is 0 Å². The van der Waals surface area contributed by atoms with Crippen LogP contribution in [0.25, 0.3) is 0 Å². The number of aromatic nitrogens is 2. The molecule has 2 aromatic rings. The van der Waals surface area contributed by atoms with Crippen molar-refractivity contribution < 1.29 is 14.7 Å². The van der Waals surface area contributed by atoms with Crippen LogP contribution >= 0.6 is 11.3 Å². The van der Waals surface area contributed by atoms with Crippen molar-refractivity contribution in [3.05, 3.63) is 33.8 Å². The highest BCUT2D eigenvalue weighted by Gasteiger charge is 2.22. The predicted octanol–water partition coefficient (Wildman–Crippen LogP) is 3.17. The molecule has 124 valence electrons. The fraction of sp³-hybridized carbons (Fsp3) is 0.438. The zero-order valence-corrected chi connectivity index (χ0v) is 14.3. The maximum absolute atomic E-state index is 12.4. The highest BCUT2D eigenvalue weighted by molar-refractivity contribution is 7.10. The molecule has 6 nitrogen and oxygen atoms in total. The Kier molecular flexibility index (Phi) is 5.54. The molecule has 0 aliphatic rings. The largest absolute Gasteiger partial charge is 0.481 e. The van der Waals surface area contributed by atoms with Gasteiger partial charge in [0.25, 0.3) is 0 Å². The summed E-state index contributed by atoms with van der Waals surface area (Å²) in [6.07, 6.45) is 0.0864. The molecule has 0 aromatic carbocycles. The molecule has 0 saturated heterocycles. The lowest BCUT2D eigenvalue weighted by molar-refractivity contribution is -0.137. The van der Waals surface area contributed by atoms with Crippen LogP contribution in [0, 0.1) is 13.8 Å². The van der Waals surface area contributed by atoms with Gasteiger partial charge in [-0.05, 0) is 32.2 Å². The number of hydrogen-bond acceptors (Lipinski definition) is 4. The average Bonchev–Trinajstić information content (AvgIpc) is 3.10. The van der Waals surface area contributed by atoms with Crippen LogP contribution in [0.5, 0.6) is 0 Å². The van der Waals surface area contributed by atoms with E-state index in [1.807, 2.05) is 43.0 Å². The third kappa shape index (κ3) is 4.19. The molecule has 2 N–H and O–H groups in total. The maximum atomic E-state index is 12.4. The van der Waals surface area contributed by atoms with Crippen molar-refractivity contribution in [2.45, 2.75) is 46.1 Å². The molecule has 1 amide bonds. The molecular formula is C16H21N3O3S. The molecule has 0 bridgehead atoms. The molecule has 0 aliphatic carbocycles. The average molecular weight is 335 g/mol. The minimum Gasteiger partial charge on any atom is -0.481 e. The van der Waals surface area contributed by atoms with E-state index in [-0.39, 0.29) is 24.7 Å². The summed E-state index contributed by atoms with van der Waals surface area (Å²) in [5.74, 6) is -1.40. The third-order valence-electron chi connectivity index (χ3n) is 3.74. The lowest BCUT2D eigenvalue weighted by Gasteiger charge is -2.13. The Morgan fingerprint density at radius 3 is 2.65 bits per heavy atom. The summed E-state index contributed by atoms with van der Waals surface area (Å²) in [5.41, 5.74) is 2.39. The van der Waals surface area contributed by atoms with E-state index < -0.39 is 5.97 Å². The molecule has 2 aromatic heterocycles. The van der Waals surface area contributed by atoms with Crippen LogP contribution in [0.15, 0.2) is 17.5 Å². The zero-order chi connectivity index (χ0) is 17.0. The molecule has 1 atom stereocenters. The number of aryl methyl sites for hydroxylation is 2. The third-order valence-corrected chi connectivity index (χ3v) is 4.78. The molecule has 0 fully saturated rings. The van der Waals surface area contributed by atoms with Gasteiger partial charge in [-0.1, -0.05) is 6.07 Å². The first-order valence-electron chi connectivity index (χ1n) is 7.51. The van der Waals surface area contributed by atoms with Crippen molar-refractivity contribution in [2.75, 3.05) is 5.32 Å². The van der Waals surface area contributed by atoms with E-state index >= 15 is 0 Å². The number of aliphatic carboxylic acids is 1. The van der Waals surface area contributed by atoms with Crippen molar-refractivity contribution >= 4 is 28.9 Å². The fourth-order valence-electron chi connectivity index (χ4n) is 2.61. The Morgan fingerprint density at radius 2 is 2.13 bits per heavy atom. The number of thiophene rings is 1. The van der Waals surface area contributed by atoms with Crippen LogP contribution in [0.3, 0.4) is 0 Å². The second-order valence-corrected chi connectivity index (χ2v) is 6.40. The lowest BCUT2D eigenvalue weighted by atomic mass is 9.99. The van der Waals surface area contributed by atoms with E-state index in [1.54, 1.807) is 0 Å². The van der Waals surface area contributed by atoms with E-state index in [0.717, 1.165) is 28.5 Å². The Morgan fingerprint density at radius 1 is 1.39 bits per heavy atom. The highest BCUT2D eigenvalue weighted by atomic mass is 32.1. The van der Waals surface area contributed by atoms with Gasteiger partial charge < -0.3 is 10.4 Å². The fourth-order valence-corrected chi connectivity index (χ4v) is 3.44. The monoisotopic (exact) mass is 335 g/mol. The normalized spacial score (nSPS) is 12.1. The van der Waals surface area contributed by atoms with Crippen molar-refractivity contribution in [1.29, 1.82) is 0 Å². The van der Waals surface area contributed by atoms with Gasteiger partial charge in [0.1, 0.15) is 0 Å². The summed E-state index contributed by atoms with van der Waals surface area (Å²) in [5, 5.41) is 18.2. The first-order valence-corrected chi connectivity index (χ1v) is 8.39. The minimum atomic E-state index is -0.901. The first kappa shape index (κ1) is 17.2. The molecule has 1 unspecified atom stereocenters. The Bertz CT molecular complexity index is 692. The number of carbonyl (C=O) groups excluding carboxylic acids is 1. The van der Waals surface area contributed by atoms with Gasteiger partial charge in [-0.3, -0.25) is 14.3 Å². The van der Waals surface area contributed by atoms with Crippen LogP contribution in [0.1, 0.15) is 41.9 Å². The molecule has 0 spiro atoms. The van der Waals surface area contributed by atoms with Crippen molar-refractivity contribution in [2.24, 2.45) is 0 Å². The summed E-state index contributed by atoms with van der Waals surface area (Å²) < 4.78 is 1.83. The van der Waals surface area contributed by atoms with Gasteiger partial charge in [-0.25, -0.2) is 0 Å². The van der Waals surface area contributed by atoms with Gasteiger partial charge in [0, 0.05) is 23.8 Å². The van der Waals surface area contributed by atoms with E-state index in [0.29, 0.717) is 0 Å². The molecule has 0 saturated carbocycles. The van der Waals surface area contributed by atoms with Gasteiger partial charge in [0.05, 0.1) is 23.5 Å². The summed E-state index contributed by atoms with van der Waals surface area (Å²) >= 11 is 1.48. The first-order chi connectivity index (χ1) is 10.9. The van der Waals surface area contributed by atoms with Crippen LogP contribution in [-0.2, 0) is 16.1 Å². The van der Waals surface area contributed by atoms with Crippen LogP contribution in [-0.4, -0.2) is 26.8 Å². The second kappa shape index (κ2) is 7.41. The summed E-state index contributed by atoms with van der Waals surface area (Å²) in [4.78, 5) is 24.3. The Balaban J connectivity index is 2.11. The van der Waals surface area contributed by atoms with Crippen LogP contribution in [0.4, 0.5) is 5.69 Å². The molecule has 2 rings (SSSR count). The molecule has 0 aliphatic heterocycles. The van der Waals surface area contributed by atoms with E-state index in [9.17, 15) is 9.59 Å². The lowest BCUT2D eigenvalue weighted by Crippen LogP contribution is -2.18. The van der Waals surface area contributed by atoms with Crippen molar-refractivity contribution in [3.8, 4) is 0 Å². The summed E-state index contributed by atoms with van der Waals surface area (Å²) in [6.45, 7) is 6.49. The van der Waals surface area contributed by atoms with E-state index in [4.69, 9.17) is 5.11 Å². The number of carboxylic acids is 1. The topological polar surface area (TPSA) is 84.2 Å². The molecular weight excluding hydrogens is 314 g/mol. The number of rotatable bonds is 7. The standard InChI is InChI=1S/C16H21N3O3S/c1-4-19-11(3)16(10(2)18-19)17-14(20)8-12(9-15(21)22)13-6-5-7-23-13/h5-7,12H,4,8-9H2,1-3H3,(H,17,20)(H,21,22). The molecule has 0 radical (unpaired) electrons. The maximum Gasteiger partial charge on any atom is 0.304 e. The zero-order valence-electron chi connectivity index (χ0n) is 13.5. The Labute approximate surface area is 139 Å². The smallest absolute Gasteiger partial charge is 0.304 e. The van der Waals surface area contributed by atoms with Gasteiger partial charge in [0.15, 0.2) is 0 Å². The van der Waals surface area contributed by atoms with Gasteiger partial charge in [-0.2, -0.15) is 5.10 Å². The van der Waals surface area contributed by atoms with Gasteiger partial charge >= 0.3 is 5.97 Å². The summed E-state index contributed by atoms with van der Waals surface area (Å²) in [6, 6.07) is 3.74. The van der Waals surface area contributed by atoms with Gasteiger partial charge in [-0.15, -0.1) is 11.3 Å². The number of anilines is 1. The molecule has 2 heterocycles. The number of nitrogens with one attached hydrogen (secondary N) is 1. The number of nitrogens with zero attached hydrogens (tertiary/aromatic N) is 2. The quantitative estimate of drug-likeness (QED) is 0.814.